The molecule has 3 aromatic heterocycles. The van der Waals surface area contributed by atoms with Crippen molar-refractivity contribution in [1.29, 1.82) is 0 Å². The van der Waals surface area contributed by atoms with E-state index in [2.05, 4.69) is 31.7 Å². The molecule has 0 saturated heterocycles. The number of hydrogen-bond acceptors (Lipinski definition) is 4. The highest BCUT2D eigenvalue weighted by atomic mass is 35.5. The van der Waals surface area contributed by atoms with E-state index in [0.717, 1.165) is 39.2 Å². The van der Waals surface area contributed by atoms with Gasteiger partial charge in [0.05, 0.1) is 23.3 Å². The number of rotatable bonds is 5. The smallest absolute Gasteiger partial charge is 0.116 e. The Morgan fingerprint density at radius 1 is 0.806 bits per heavy atom. The van der Waals surface area contributed by atoms with Gasteiger partial charge in [-0.1, -0.05) is 29.3 Å². The molecular formula is C24H17Cl2N5. The molecular weight excluding hydrogens is 429 g/mol. The molecule has 0 aliphatic rings. The second kappa shape index (κ2) is 8.46. The predicted molar refractivity (Wildman–Crippen MR) is 123 cm³/mol. The quantitative estimate of drug-likeness (QED) is 0.341. The molecule has 0 radical (unpaired) electrons. The topological polar surface area (TPSA) is 56.5 Å². The third-order valence-corrected chi connectivity index (χ3v) is 5.76. The lowest BCUT2D eigenvalue weighted by molar-refractivity contribution is 0.755. The van der Waals surface area contributed by atoms with Crippen LogP contribution in [0.3, 0.4) is 0 Å². The van der Waals surface area contributed by atoms with Gasteiger partial charge in [-0.15, -0.1) is 0 Å². The Balaban J connectivity index is 1.65. The van der Waals surface area contributed by atoms with E-state index in [1.165, 1.54) is 0 Å². The molecule has 7 heteroatoms. The van der Waals surface area contributed by atoms with Gasteiger partial charge in [0.2, 0.25) is 0 Å². The van der Waals surface area contributed by atoms with Gasteiger partial charge >= 0.3 is 0 Å². The second-order valence-corrected chi connectivity index (χ2v) is 8.01. The Morgan fingerprint density at radius 3 is 2.45 bits per heavy atom. The molecule has 5 rings (SSSR count). The standard InChI is InChI=1S/C24H17Cl2N5/c25-19-2-3-21(26)18(11-19)14-31-23-12-17(16-5-8-27-9-6-16)1-4-22(23)30-24(31)13-20-7-10-28-15-29-20/h1-12,15H,13-14H2. The van der Waals surface area contributed by atoms with Crippen LogP contribution in [0.4, 0.5) is 0 Å². The number of fused-ring (bicyclic) bond motifs is 1. The van der Waals surface area contributed by atoms with Crippen LogP contribution in [0.15, 0.2) is 79.5 Å². The van der Waals surface area contributed by atoms with Crippen LogP contribution in [0.2, 0.25) is 10.0 Å². The zero-order valence-corrected chi connectivity index (χ0v) is 17.9. The number of benzene rings is 2. The van der Waals surface area contributed by atoms with Crippen molar-refractivity contribution in [2.45, 2.75) is 13.0 Å². The van der Waals surface area contributed by atoms with Crippen LogP contribution in [-0.2, 0) is 13.0 Å². The molecule has 0 amide bonds. The fraction of sp³-hybridized carbons (Fsp3) is 0.0833. The SMILES string of the molecule is Clc1ccc(Cl)c(Cn2c(Cc3ccncn3)nc3ccc(-c4ccncc4)cc32)c1. The summed E-state index contributed by atoms with van der Waals surface area (Å²) < 4.78 is 2.18. The van der Waals surface area contributed by atoms with Crippen LogP contribution >= 0.6 is 23.2 Å². The van der Waals surface area contributed by atoms with Crippen LogP contribution in [0, 0.1) is 0 Å². The molecule has 5 aromatic rings. The average Bonchev–Trinajstić information content (AvgIpc) is 3.13. The highest BCUT2D eigenvalue weighted by Gasteiger charge is 2.15. The van der Waals surface area contributed by atoms with Crippen molar-refractivity contribution in [3.05, 3.63) is 107 Å². The summed E-state index contributed by atoms with van der Waals surface area (Å²) in [6.45, 7) is 0.552. The normalized spacial score (nSPS) is 11.2. The van der Waals surface area contributed by atoms with Crippen LogP contribution in [0.1, 0.15) is 17.1 Å². The molecule has 0 aliphatic carbocycles. The van der Waals surface area contributed by atoms with Crippen LogP contribution < -0.4 is 0 Å². The maximum absolute atomic E-state index is 6.48. The van der Waals surface area contributed by atoms with Gasteiger partial charge < -0.3 is 4.57 Å². The van der Waals surface area contributed by atoms with Crippen molar-refractivity contribution in [2.75, 3.05) is 0 Å². The average molecular weight is 446 g/mol. The molecule has 31 heavy (non-hydrogen) atoms. The van der Waals surface area contributed by atoms with Crippen molar-refractivity contribution in [3.63, 3.8) is 0 Å². The summed E-state index contributed by atoms with van der Waals surface area (Å²) >= 11 is 12.7. The molecule has 3 heterocycles. The highest BCUT2D eigenvalue weighted by molar-refractivity contribution is 6.33. The summed E-state index contributed by atoms with van der Waals surface area (Å²) in [6.07, 6.45) is 7.47. The number of pyridine rings is 1. The number of hydrogen-bond donors (Lipinski definition) is 0. The van der Waals surface area contributed by atoms with E-state index in [4.69, 9.17) is 28.2 Å². The second-order valence-electron chi connectivity index (χ2n) is 7.17. The molecule has 0 aliphatic heterocycles. The zero-order chi connectivity index (χ0) is 21.2. The summed E-state index contributed by atoms with van der Waals surface area (Å²) in [6, 6.07) is 17.7. The Bertz CT molecular complexity index is 1350. The monoisotopic (exact) mass is 445 g/mol. The van der Waals surface area contributed by atoms with Crippen molar-refractivity contribution in [1.82, 2.24) is 24.5 Å². The Morgan fingerprint density at radius 2 is 1.65 bits per heavy atom. The van der Waals surface area contributed by atoms with E-state index in [9.17, 15) is 0 Å². The highest BCUT2D eigenvalue weighted by Crippen LogP contribution is 2.28. The first kappa shape index (κ1) is 19.7. The van der Waals surface area contributed by atoms with Gasteiger partial charge in [0.1, 0.15) is 12.2 Å². The lowest BCUT2D eigenvalue weighted by Gasteiger charge is -2.12. The van der Waals surface area contributed by atoms with Gasteiger partial charge in [0.25, 0.3) is 0 Å². The summed E-state index contributed by atoms with van der Waals surface area (Å²) in [5.74, 6) is 0.900. The number of nitrogens with zero attached hydrogens (tertiary/aromatic N) is 5. The summed E-state index contributed by atoms with van der Waals surface area (Å²) in [7, 11) is 0. The minimum absolute atomic E-state index is 0.552. The third kappa shape index (κ3) is 4.15. The van der Waals surface area contributed by atoms with E-state index in [-0.39, 0.29) is 0 Å². The molecule has 0 atom stereocenters. The first-order chi connectivity index (χ1) is 15.2. The molecule has 0 N–H and O–H groups in total. The minimum Gasteiger partial charge on any atom is -0.323 e. The van der Waals surface area contributed by atoms with Crippen molar-refractivity contribution in [3.8, 4) is 11.1 Å². The van der Waals surface area contributed by atoms with Gasteiger partial charge in [0.15, 0.2) is 0 Å². The van der Waals surface area contributed by atoms with E-state index >= 15 is 0 Å². The third-order valence-electron chi connectivity index (χ3n) is 5.16. The molecule has 0 spiro atoms. The maximum Gasteiger partial charge on any atom is 0.116 e. The van der Waals surface area contributed by atoms with Gasteiger partial charge in [-0.2, -0.15) is 0 Å². The maximum atomic E-state index is 6.48. The zero-order valence-electron chi connectivity index (χ0n) is 16.4. The molecule has 5 nitrogen and oxygen atoms in total. The van der Waals surface area contributed by atoms with Crippen LogP contribution in [0.5, 0.6) is 0 Å². The first-order valence-corrected chi connectivity index (χ1v) is 10.5. The van der Waals surface area contributed by atoms with Gasteiger partial charge in [-0.3, -0.25) is 4.98 Å². The number of halogens is 2. The van der Waals surface area contributed by atoms with Crippen molar-refractivity contribution < 1.29 is 0 Å². The summed E-state index contributed by atoms with van der Waals surface area (Å²) in [4.78, 5) is 17.4. The Hall–Kier alpha value is -3.28. The molecule has 152 valence electrons. The van der Waals surface area contributed by atoms with Gasteiger partial charge in [-0.25, -0.2) is 15.0 Å². The lowest BCUT2D eigenvalue weighted by Crippen LogP contribution is -2.07. The largest absolute Gasteiger partial charge is 0.323 e. The van der Waals surface area contributed by atoms with Crippen LogP contribution in [-0.4, -0.2) is 24.5 Å². The van der Waals surface area contributed by atoms with Crippen LogP contribution in [0.25, 0.3) is 22.2 Å². The molecule has 0 saturated carbocycles. The molecule has 2 aromatic carbocycles. The predicted octanol–water partition coefficient (Wildman–Crippen LogP) is 5.83. The Kier molecular flexibility index (Phi) is 5.37. The van der Waals surface area contributed by atoms with E-state index in [0.29, 0.717) is 23.0 Å². The van der Waals surface area contributed by atoms with Gasteiger partial charge in [-0.05, 0) is 65.2 Å². The van der Waals surface area contributed by atoms with E-state index in [1.54, 1.807) is 31.0 Å². The summed E-state index contributed by atoms with van der Waals surface area (Å²) in [5.41, 5.74) is 5.98. The molecule has 0 bridgehead atoms. The fourth-order valence-electron chi connectivity index (χ4n) is 3.63. The molecule has 0 fully saturated rings. The molecule has 0 unspecified atom stereocenters. The van der Waals surface area contributed by atoms with E-state index in [1.807, 2.05) is 36.4 Å². The minimum atomic E-state index is 0.552. The summed E-state index contributed by atoms with van der Waals surface area (Å²) in [5, 5.41) is 1.32. The van der Waals surface area contributed by atoms with Crippen molar-refractivity contribution in [2.24, 2.45) is 0 Å². The van der Waals surface area contributed by atoms with Crippen molar-refractivity contribution >= 4 is 34.2 Å². The Labute approximate surface area is 189 Å². The first-order valence-electron chi connectivity index (χ1n) is 9.76. The van der Waals surface area contributed by atoms with Gasteiger partial charge in [0, 0.05) is 35.1 Å². The fourth-order valence-corrected chi connectivity index (χ4v) is 4.00. The lowest BCUT2D eigenvalue weighted by atomic mass is 10.1. The van der Waals surface area contributed by atoms with E-state index < -0.39 is 0 Å². The number of aromatic nitrogens is 5. The number of imidazole rings is 1.